The molecule has 19 nitrogen and oxygen atoms in total. The lowest BCUT2D eigenvalue weighted by atomic mass is 10.0. The van der Waals surface area contributed by atoms with E-state index in [0.29, 0.717) is 47.0 Å². The van der Waals surface area contributed by atoms with E-state index in [1.165, 1.54) is 45.6 Å². The number of imide groups is 1. The highest BCUT2D eigenvalue weighted by atomic mass is 16.7. The zero-order valence-corrected chi connectivity index (χ0v) is 36.3. The average molecular weight is 851 g/mol. The van der Waals surface area contributed by atoms with Crippen LogP contribution in [0.2, 0.25) is 0 Å². The Labute approximate surface area is 356 Å². The van der Waals surface area contributed by atoms with Crippen LogP contribution in [0.3, 0.4) is 0 Å². The number of rotatable bonds is 22. The number of methoxy groups -OCH3 is 2. The van der Waals surface area contributed by atoms with Crippen molar-refractivity contribution in [3.05, 3.63) is 48.2 Å². The van der Waals surface area contributed by atoms with Crippen LogP contribution in [0.1, 0.15) is 87.4 Å². The minimum atomic E-state index is -1.02. The molecule has 1 unspecified atom stereocenters. The first kappa shape index (κ1) is 47.5. The van der Waals surface area contributed by atoms with Crippen molar-refractivity contribution in [3.63, 3.8) is 0 Å². The molecule has 0 bridgehead atoms. The van der Waals surface area contributed by atoms with Gasteiger partial charge in [-0.3, -0.25) is 38.6 Å². The summed E-state index contributed by atoms with van der Waals surface area (Å²) in [7, 11) is 6.04. The quantitative estimate of drug-likeness (QED) is 0.0760. The Morgan fingerprint density at radius 1 is 0.902 bits per heavy atom. The van der Waals surface area contributed by atoms with E-state index >= 15 is 0 Å². The van der Waals surface area contributed by atoms with E-state index in [2.05, 4.69) is 32.9 Å². The predicted octanol–water partition coefficient (Wildman–Crippen LogP) is 3.39. The van der Waals surface area contributed by atoms with E-state index in [1.54, 1.807) is 57.1 Å². The molecule has 0 aromatic heterocycles. The lowest BCUT2D eigenvalue weighted by molar-refractivity contribution is -0.145. The van der Waals surface area contributed by atoms with Gasteiger partial charge in [0.15, 0.2) is 23.0 Å². The minimum Gasteiger partial charge on any atom is -0.493 e. The topological polar surface area (TPSA) is 219 Å². The van der Waals surface area contributed by atoms with Gasteiger partial charge in [-0.25, -0.2) is 15.5 Å². The third-order valence-corrected chi connectivity index (χ3v) is 10.1. The predicted molar refractivity (Wildman–Crippen MR) is 226 cm³/mol. The van der Waals surface area contributed by atoms with Crippen LogP contribution in [0.15, 0.2) is 42.0 Å². The second-order valence-electron chi connectivity index (χ2n) is 14.7. The number of carbonyl (C=O) groups is 6. The number of benzene rings is 2. The molecule has 2 aliphatic heterocycles. The van der Waals surface area contributed by atoms with Crippen molar-refractivity contribution in [1.82, 2.24) is 31.4 Å². The van der Waals surface area contributed by atoms with Gasteiger partial charge < -0.3 is 39.8 Å². The van der Waals surface area contributed by atoms with Crippen LogP contribution in [0.25, 0.3) is 0 Å². The van der Waals surface area contributed by atoms with E-state index in [0.717, 1.165) is 11.4 Å². The molecule has 0 saturated carbocycles. The van der Waals surface area contributed by atoms with Crippen LogP contribution < -0.4 is 45.2 Å². The van der Waals surface area contributed by atoms with Crippen LogP contribution in [-0.2, 0) is 24.0 Å². The molecule has 1 saturated heterocycles. The highest BCUT2D eigenvalue weighted by Crippen LogP contribution is 2.38. The van der Waals surface area contributed by atoms with Crippen LogP contribution >= 0.6 is 0 Å². The summed E-state index contributed by atoms with van der Waals surface area (Å²) in [5.41, 5.74) is 4.03. The van der Waals surface area contributed by atoms with Crippen LogP contribution in [0.5, 0.6) is 23.0 Å². The van der Waals surface area contributed by atoms with Gasteiger partial charge in [-0.1, -0.05) is 33.8 Å². The van der Waals surface area contributed by atoms with Gasteiger partial charge in [0.25, 0.3) is 11.8 Å². The molecular formula is C42H58N8O11. The molecular weight excluding hydrogens is 793 g/mol. The first-order valence-electron chi connectivity index (χ1n) is 20.1. The summed E-state index contributed by atoms with van der Waals surface area (Å²) < 4.78 is 23.4. The van der Waals surface area contributed by atoms with E-state index < -0.39 is 47.8 Å². The Kier molecular flexibility index (Phi) is 17.0. The van der Waals surface area contributed by atoms with Crippen LogP contribution in [-0.4, -0.2) is 118 Å². The van der Waals surface area contributed by atoms with Crippen molar-refractivity contribution in [2.75, 3.05) is 46.5 Å². The summed E-state index contributed by atoms with van der Waals surface area (Å²) in [5, 5.41) is 10.3. The lowest BCUT2D eigenvalue weighted by Crippen LogP contribution is -2.59. The number of hydrogen-bond acceptors (Lipinski definition) is 14. The molecule has 0 aliphatic carbocycles. The number of hydroxylamine groups is 2. The van der Waals surface area contributed by atoms with Gasteiger partial charge in [-0.05, 0) is 44.5 Å². The van der Waals surface area contributed by atoms with Crippen molar-refractivity contribution in [1.29, 1.82) is 0 Å². The summed E-state index contributed by atoms with van der Waals surface area (Å²) in [5.74, 6) is -1.80. The molecule has 0 spiro atoms. The fourth-order valence-corrected chi connectivity index (χ4v) is 6.57. The molecule has 6 amide bonds. The van der Waals surface area contributed by atoms with Crippen molar-refractivity contribution < 1.29 is 52.6 Å². The van der Waals surface area contributed by atoms with E-state index in [4.69, 9.17) is 23.8 Å². The monoisotopic (exact) mass is 850 g/mol. The zero-order chi connectivity index (χ0) is 45.0. The molecule has 61 heavy (non-hydrogen) atoms. The van der Waals surface area contributed by atoms with Crippen LogP contribution in [0.4, 0.5) is 11.4 Å². The number of aliphatic imine (C=N–C) groups is 1. The van der Waals surface area contributed by atoms with E-state index in [9.17, 15) is 28.8 Å². The number of ether oxygens (including phenoxy) is 4. The first-order valence-corrected chi connectivity index (χ1v) is 20.1. The molecule has 4 rings (SSSR count). The van der Waals surface area contributed by atoms with Crippen molar-refractivity contribution in [2.45, 2.75) is 91.0 Å². The molecule has 2 aromatic carbocycles. The lowest BCUT2D eigenvalue weighted by Gasteiger charge is -2.31. The number of nitrogens with one attached hydrogen (secondary N) is 4. The third-order valence-electron chi connectivity index (χ3n) is 10.1. The SMILES string of the molecule is C=CNC(=O)c1cc(OC)c(OCCCOc2cc3c(cc2OC)C(=O)N(OC)[C@@H](CCC)C=N3)cc1N(C)C(C)NC(=O)[C@H](C)NC(=O)[C@@H](NN1C(=O)CCC1=O)C(C)C. The molecule has 1 fully saturated rings. The standard InChI is InChI=1S/C42H58N8O11/c1-11-14-27-23-44-30-21-34(32(57-8)19-28(30)42(56)50(27)59-10)60-17-13-18-61-35-22-31(29(20-33(35)58-9)40(54)43-12-2)48(7)26(6)46-39(53)25(5)45-41(55)38(24(3)4)47-49-36(51)15-16-37(49)52/h12,19-27,38,47H,2,11,13-18H2,1,3-10H3,(H,43,54)(H,45,55)(H,46,53)/t25-,26?,27-,38-/m0/s1. The largest absolute Gasteiger partial charge is 0.493 e. The van der Waals surface area contributed by atoms with Crippen molar-refractivity contribution in [3.8, 4) is 23.0 Å². The van der Waals surface area contributed by atoms with Crippen molar-refractivity contribution in [2.24, 2.45) is 10.9 Å². The zero-order valence-electron chi connectivity index (χ0n) is 36.3. The number of hydrogen-bond donors (Lipinski definition) is 4. The van der Waals surface area contributed by atoms with Gasteiger partial charge in [-0.2, -0.15) is 0 Å². The maximum atomic E-state index is 13.4. The maximum Gasteiger partial charge on any atom is 0.280 e. The van der Waals surface area contributed by atoms with E-state index in [1.807, 2.05) is 6.92 Å². The molecule has 2 aliphatic rings. The van der Waals surface area contributed by atoms with Gasteiger partial charge in [0.2, 0.25) is 23.6 Å². The Hall–Kier alpha value is -6.21. The van der Waals surface area contributed by atoms with Crippen molar-refractivity contribution >= 4 is 53.0 Å². The van der Waals surface area contributed by atoms with Gasteiger partial charge in [-0.15, -0.1) is 0 Å². The highest BCUT2D eigenvalue weighted by Gasteiger charge is 2.35. The third kappa shape index (κ3) is 11.5. The molecule has 0 radical (unpaired) electrons. The number of carbonyl (C=O) groups excluding carboxylic acids is 6. The smallest absolute Gasteiger partial charge is 0.280 e. The Bertz CT molecular complexity index is 1970. The fraction of sp³-hybridized carbons (Fsp3) is 0.500. The number of hydrazine groups is 1. The highest BCUT2D eigenvalue weighted by molar-refractivity contribution is 6.03. The second kappa shape index (κ2) is 21.9. The van der Waals surface area contributed by atoms with Gasteiger partial charge >= 0.3 is 0 Å². The number of anilines is 1. The fourth-order valence-electron chi connectivity index (χ4n) is 6.57. The first-order chi connectivity index (χ1) is 29.1. The molecule has 19 heteroatoms. The van der Waals surface area contributed by atoms with Crippen LogP contribution in [0, 0.1) is 5.92 Å². The maximum absolute atomic E-state index is 13.4. The van der Waals surface area contributed by atoms with Gasteiger partial charge in [0, 0.05) is 44.7 Å². The Morgan fingerprint density at radius 2 is 1.52 bits per heavy atom. The number of nitrogens with zero attached hydrogens (tertiary/aromatic N) is 4. The summed E-state index contributed by atoms with van der Waals surface area (Å²) in [6.45, 7) is 12.7. The summed E-state index contributed by atoms with van der Waals surface area (Å²) in [4.78, 5) is 89.2. The average Bonchev–Trinajstić information content (AvgIpc) is 3.49. The second-order valence-corrected chi connectivity index (χ2v) is 14.7. The summed E-state index contributed by atoms with van der Waals surface area (Å²) >= 11 is 0. The molecule has 332 valence electrons. The normalized spacial score (nSPS) is 16.3. The summed E-state index contributed by atoms with van der Waals surface area (Å²) in [6.07, 6.45) is 4.23. The summed E-state index contributed by atoms with van der Waals surface area (Å²) in [6, 6.07) is 4.06. The van der Waals surface area contributed by atoms with Gasteiger partial charge in [0.05, 0.1) is 69.3 Å². The number of fused-ring (bicyclic) bond motifs is 1. The van der Waals surface area contributed by atoms with Gasteiger partial charge in [0.1, 0.15) is 12.1 Å². The molecule has 2 aromatic rings. The Balaban J connectivity index is 1.44. The molecule has 4 atom stereocenters. The number of amides is 6. The molecule has 2 heterocycles. The van der Waals surface area contributed by atoms with E-state index in [-0.39, 0.29) is 55.2 Å². The molecule has 4 N–H and O–H groups in total. The Morgan fingerprint density at radius 3 is 2.10 bits per heavy atom. The minimum absolute atomic E-state index is 0.0554.